The minimum Gasteiger partial charge on any atom is -0.377 e. The summed E-state index contributed by atoms with van der Waals surface area (Å²) >= 11 is 0. The lowest BCUT2D eigenvalue weighted by Crippen LogP contribution is -2.43. The zero-order chi connectivity index (χ0) is 13.8. The molecule has 3 nitrogen and oxygen atoms in total. The molecule has 0 aromatic heterocycles. The van der Waals surface area contributed by atoms with Gasteiger partial charge in [0.05, 0.1) is 11.7 Å². The number of hydrogen-bond acceptors (Lipinski definition) is 2. The first kappa shape index (κ1) is 14.0. The van der Waals surface area contributed by atoms with Crippen molar-refractivity contribution >= 4 is 5.91 Å². The van der Waals surface area contributed by atoms with Crippen molar-refractivity contribution in [2.45, 2.75) is 32.8 Å². The first-order valence-corrected chi connectivity index (χ1v) is 6.79. The lowest BCUT2D eigenvalue weighted by molar-refractivity contribution is 0.00707. The number of carbonyl (C=O) groups is 1. The maximum Gasteiger partial charge on any atom is 0.256 e. The summed E-state index contributed by atoms with van der Waals surface area (Å²) in [7, 11) is 0. The molecule has 0 N–H and O–H groups in total. The highest BCUT2D eigenvalue weighted by Crippen LogP contribution is 2.19. The third-order valence-electron chi connectivity index (χ3n) is 3.49. The molecule has 0 aliphatic carbocycles. The second kappa shape index (κ2) is 6.15. The van der Waals surface area contributed by atoms with E-state index in [9.17, 15) is 9.18 Å². The van der Waals surface area contributed by atoms with E-state index in [1.54, 1.807) is 30.0 Å². The predicted octanol–water partition coefficient (Wildman–Crippen LogP) is 2.78. The molecule has 104 valence electrons. The van der Waals surface area contributed by atoms with Crippen molar-refractivity contribution in [1.82, 2.24) is 4.90 Å². The summed E-state index contributed by atoms with van der Waals surface area (Å²) in [5, 5.41) is 0. The second-order valence-corrected chi connectivity index (χ2v) is 4.91. The molecule has 4 heteroatoms. The molecule has 0 saturated carbocycles. The smallest absolute Gasteiger partial charge is 0.256 e. The molecule has 1 amide bonds. The Morgan fingerprint density at radius 2 is 2.32 bits per heavy atom. The van der Waals surface area contributed by atoms with Gasteiger partial charge < -0.3 is 9.64 Å². The SMILES string of the molecule is CCOC1CCCN(C(=O)c2cccc(C)c2F)C1. The maximum atomic E-state index is 14.0. The van der Waals surface area contributed by atoms with Gasteiger partial charge in [0, 0.05) is 19.7 Å². The Balaban J connectivity index is 2.12. The van der Waals surface area contributed by atoms with Crippen molar-refractivity contribution in [3.05, 3.63) is 35.1 Å². The van der Waals surface area contributed by atoms with Gasteiger partial charge in [-0.05, 0) is 38.3 Å². The third kappa shape index (κ3) is 3.13. The fourth-order valence-electron chi connectivity index (χ4n) is 2.48. The number of likely N-dealkylation sites (tertiary alicyclic amines) is 1. The fourth-order valence-corrected chi connectivity index (χ4v) is 2.48. The number of carbonyl (C=O) groups excluding carboxylic acids is 1. The van der Waals surface area contributed by atoms with E-state index in [1.165, 1.54) is 0 Å². The van der Waals surface area contributed by atoms with Crippen molar-refractivity contribution in [3.63, 3.8) is 0 Å². The number of hydrogen-bond donors (Lipinski definition) is 0. The highest BCUT2D eigenvalue weighted by Gasteiger charge is 2.26. The number of rotatable bonds is 3. The van der Waals surface area contributed by atoms with Crippen LogP contribution in [0, 0.1) is 12.7 Å². The van der Waals surface area contributed by atoms with Gasteiger partial charge in [-0.25, -0.2) is 4.39 Å². The van der Waals surface area contributed by atoms with Crippen LogP contribution in [-0.2, 0) is 4.74 Å². The summed E-state index contributed by atoms with van der Waals surface area (Å²) in [5.74, 6) is -0.642. The molecule has 1 heterocycles. The second-order valence-electron chi connectivity index (χ2n) is 4.91. The number of ether oxygens (including phenoxy) is 1. The average molecular weight is 265 g/mol. The minimum absolute atomic E-state index is 0.0792. The van der Waals surface area contributed by atoms with E-state index in [0.29, 0.717) is 25.3 Å². The molecule has 0 bridgehead atoms. The lowest BCUT2D eigenvalue weighted by atomic mass is 10.0. The zero-order valence-corrected chi connectivity index (χ0v) is 11.5. The highest BCUT2D eigenvalue weighted by molar-refractivity contribution is 5.94. The third-order valence-corrected chi connectivity index (χ3v) is 3.49. The molecule has 1 aromatic carbocycles. The number of nitrogens with zero attached hydrogens (tertiary/aromatic N) is 1. The first-order chi connectivity index (χ1) is 9.13. The highest BCUT2D eigenvalue weighted by atomic mass is 19.1. The fraction of sp³-hybridized carbons (Fsp3) is 0.533. The van der Waals surface area contributed by atoms with E-state index in [0.717, 1.165) is 12.8 Å². The normalized spacial score (nSPS) is 19.5. The van der Waals surface area contributed by atoms with Gasteiger partial charge in [-0.1, -0.05) is 12.1 Å². The van der Waals surface area contributed by atoms with Crippen molar-refractivity contribution in [2.75, 3.05) is 19.7 Å². The van der Waals surface area contributed by atoms with Crippen LogP contribution in [0.4, 0.5) is 4.39 Å². The number of piperidine rings is 1. The molecule has 1 aliphatic rings. The van der Waals surface area contributed by atoms with E-state index in [4.69, 9.17) is 4.74 Å². The molecule has 1 aliphatic heterocycles. The number of amides is 1. The summed E-state index contributed by atoms with van der Waals surface area (Å²) in [6.07, 6.45) is 1.95. The summed E-state index contributed by atoms with van der Waals surface area (Å²) in [6, 6.07) is 4.94. The van der Waals surface area contributed by atoms with Crippen LogP contribution in [0.15, 0.2) is 18.2 Å². The van der Waals surface area contributed by atoms with Gasteiger partial charge in [0.2, 0.25) is 0 Å². The summed E-state index contributed by atoms with van der Waals surface area (Å²) in [5.41, 5.74) is 0.668. The molecular weight excluding hydrogens is 245 g/mol. The van der Waals surface area contributed by atoms with Crippen LogP contribution in [0.5, 0.6) is 0 Å². The van der Waals surface area contributed by atoms with Crippen LogP contribution in [-0.4, -0.2) is 36.6 Å². The van der Waals surface area contributed by atoms with Gasteiger partial charge in [0.1, 0.15) is 5.82 Å². The van der Waals surface area contributed by atoms with Crippen LogP contribution in [0.2, 0.25) is 0 Å². The molecule has 1 unspecified atom stereocenters. The standard InChI is InChI=1S/C15H20FNO2/c1-3-19-12-7-5-9-17(10-12)15(18)13-8-4-6-11(2)14(13)16/h4,6,8,12H,3,5,7,9-10H2,1-2H3. The Morgan fingerprint density at radius 1 is 1.53 bits per heavy atom. The molecule has 1 atom stereocenters. The zero-order valence-electron chi connectivity index (χ0n) is 11.5. The van der Waals surface area contributed by atoms with Gasteiger partial charge in [0.15, 0.2) is 0 Å². The van der Waals surface area contributed by atoms with Crippen LogP contribution in [0.3, 0.4) is 0 Å². The largest absolute Gasteiger partial charge is 0.377 e. The topological polar surface area (TPSA) is 29.5 Å². The Bertz CT molecular complexity index is 459. The van der Waals surface area contributed by atoms with E-state index in [-0.39, 0.29) is 17.6 Å². The quantitative estimate of drug-likeness (QED) is 0.841. The molecule has 0 radical (unpaired) electrons. The van der Waals surface area contributed by atoms with Crippen LogP contribution in [0.25, 0.3) is 0 Å². The van der Waals surface area contributed by atoms with E-state index in [1.807, 2.05) is 6.92 Å². The van der Waals surface area contributed by atoms with Crippen LogP contribution < -0.4 is 0 Å². The lowest BCUT2D eigenvalue weighted by Gasteiger charge is -2.32. The van der Waals surface area contributed by atoms with Crippen LogP contribution in [0.1, 0.15) is 35.7 Å². The molecule has 1 aromatic rings. The van der Waals surface area contributed by atoms with Gasteiger partial charge in [-0.15, -0.1) is 0 Å². The van der Waals surface area contributed by atoms with Crippen molar-refractivity contribution < 1.29 is 13.9 Å². The van der Waals surface area contributed by atoms with Crippen molar-refractivity contribution in [3.8, 4) is 0 Å². The van der Waals surface area contributed by atoms with E-state index in [2.05, 4.69) is 0 Å². The van der Waals surface area contributed by atoms with Crippen molar-refractivity contribution in [1.29, 1.82) is 0 Å². The molecule has 1 fully saturated rings. The number of aryl methyl sites for hydroxylation is 1. The monoisotopic (exact) mass is 265 g/mol. The van der Waals surface area contributed by atoms with E-state index >= 15 is 0 Å². The van der Waals surface area contributed by atoms with E-state index < -0.39 is 5.82 Å². The number of halogens is 1. The molecule has 19 heavy (non-hydrogen) atoms. The summed E-state index contributed by atoms with van der Waals surface area (Å²) in [4.78, 5) is 14.0. The maximum absolute atomic E-state index is 14.0. The Kier molecular flexibility index (Phi) is 4.53. The van der Waals surface area contributed by atoms with Gasteiger partial charge in [0.25, 0.3) is 5.91 Å². The minimum atomic E-state index is -0.411. The van der Waals surface area contributed by atoms with Gasteiger partial charge in [-0.3, -0.25) is 4.79 Å². The Labute approximate surface area is 113 Å². The summed E-state index contributed by atoms with van der Waals surface area (Å²) in [6.45, 7) is 5.49. The first-order valence-electron chi connectivity index (χ1n) is 6.79. The van der Waals surface area contributed by atoms with Gasteiger partial charge >= 0.3 is 0 Å². The van der Waals surface area contributed by atoms with Crippen LogP contribution >= 0.6 is 0 Å². The van der Waals surface area contributed by atoms with Crippen molar-refractivity contribution in [2.24, 2.45) is 0 Å². The molecule has 2 rings (SSSR count). The molecular formula is C15H20FNO2. The Morgan fingerprint density at radius 3 is 3.05 bits per heavy atom. The summed E-state index contributed by atoms with van der Waals surface area (Å²) < 4.78 is 19.5. The predicted molar refractivity (Wildman–Crippen MR) is 71.7 cm³/mol. The van der Waals surface area contributed by atoms with Gasteiger partial charge in [-0.2, -0.15) is 0 Å². The Hall–Kier alpha value is -1.42. The molecule has 1 saturated heterocycles. The molecule has 0 spiro atoms. The number of benzene rings is 1. The average Bonchev–Trinajstić information content (AvgIpc) is 2.42.